The number of rotatable bonds is 4. The summed E-state index contributed by atoms with van der Waals surface area (Å²) in [4.78, 5) is 14.2. The fourth-order valence-electron chi connectivity index (χ4n) is 2.83. The third kappa shape index (κ3) is 3.94. The molecule has 1 N–H and O–H groups in total. The van der Waals surface area contributed by atoms with Gasteiger partial charge in [0.25, 0.3) is 0 Å². The predicted molar refractivity (Wildman–Crippen MR) is 101 cm³/mol. The summed E-state index contributed by atoms with van der Waals surface area (Å²) in [5.41, 5.74) is 3.06. The van der Waals surface area contributed by atoms with Gasteiger partial charge in [-0.05, 0) is 61.4 Å². The van der Waals surface area contributed by atoms with E-state index in [1.165, 1.54) is 12.1 Å². The Bertz CT molecular complexity index is 910. The number of halogens is 1. The number of benzene rings is 2. The van der Waals surface area contributed by atoms with Gasteiger partial charge in [-0.25, -0.2) is 13.1 Å². The second-order valence-corrected chi connectivity index (χ2v) is 8.88. The first-order chi connectivity index (χ1) is 11.8. The average molecular weight is 423 g/mol. The molecule has 0 aromatic heterocycles. The molecule has 0 radical (unpaired) electrons. The molecule has 7 heteroatoms. The second kappa shape index (κ2) is 6.90. The smallest absolute Gasteiger partial charge is 0.240 e. The molecule has 1 atom stereocenters. The number of carbonyl (C=O) groups is 1. The molecule has 25 heavy (non-hydrogen) atoms. The van der Waals surface area contributed by atoms with Crippen LogP contribution in [0.1, 0.15) is 17.5 Å². The molecule has 5 nitrogen and oxygen atoms in total. The van der Waals surface area contributed by atoms with Gasteiger partial charge in [-0.1, -0.05) is 22.0 Å². The average Bonchev–Trinajstić information content (AvgIpc) is 2.90. The van der Waals surface area contributed by atoms with Gasteiger partial charge in [0.05, 0.1) is 4.90 Å². The van der Waals surface area contributed by atoms with Crippen molar-refractivity contribution in [1.82, 2.24) is 4.72 Å². The van der Waals surface area contributed by atoms with E-state index in [1.54, 1.807) is 17.0 Å². The van der Waals surface area contributed by atoms with Gasteiger partial charge >= 0.3 is 0 Å². The summed E-state index contributed by atoms with van der Waals surface area (Å²) < 4.78 is 28.4. The number of carbonyl (C=O) groups excluding carboxylic acids is 1. The maximum atomic E-state index is 12.5. The number of aryl methyl sites for hydroxylation is 2. The number of sulfonamides is 1. The van der Waals surface area contributed by atoms with Crippen molar-refractivity contribution in [3.8, 4) is 0 Å². The SMILES string of the molecule is Cc1ccc(N2CC(NS(=O)(=O)c3ccc(Br)cc3)CC2=O)cc1C. The molecule has 2 aromatic rings. The Morgan fingerprint density at radius 1 is 1.08 bits per heavy atom. The summed E-state index contributed by atoms with van der Waals surface area (Å²) in [5.74, 6) is -0.0771. The Morgan fingerprint density at radius 2 is 1.76 bits per heavy atom. The van der Waals surface area contributed by atoms with E-state index in [4.69, 9.17) is 0 Å². The van der Waals surface area contributed by atoms with Crippen LogP contribution in [0, 0.1) is 13.8 Å². The van der Waals surface area contributed by atoms with Crippen LogP contribution in [0.25, 0.3) is 0 Å². The van der Waals surface area contributed by atoms with E-state index in [0.717, 1.165) is 21.3 Å². The molecular formula is C18H19BrN2O3S. The Balaban J connectivity index is 1.76. The van der Waals surface area contributed by atoms with Crippen molar-refractivity contribution in [2.75, 3.05) is 11.4 Å². The summed E-state index contributed by atoms with van der Waals surface area (Å²) in [6.07, 6.45) is 0.155. The number of hydrogen-bond donors (Lipinski definition) is 1. The molecule has 0 saturated carbocycles. The van der Waals surface area contributed by atoms with Crippen LogP contribution in [-0.4, -0.2) is 26.9 Å². The van der Waals surface area contributed by atoms with Crippen molar-refractivity contribution in [3.05, 3.63) is 58.1 Å². The molecule has 1 unspecified atom stereocenters. The zero-order chi connectivity index (χ0) is 18.2. The van der Waals surface area contributed by atoms with Crippen LogP contribution < -0.4 is 9.62 Å². The number of anilines is 1. The van der Waals surface area contributed by atoms with Crippen LogP contribution in [-0.2, 0) is 14.8 Å². The number of hydrogen-bond acceptors (Lipinski definition) is 3. The zero-order valence-corrected chi connectivity index (χ0v) is 16.4. The molecule has 3 rings (SSSR count). The molecule has 1 heterocycles. The summed E-state index contributed by atoms with van der Waals surface area (Å²) >= 11 is 3.29. The first kappa shape index (κ1) is 18.1. The van der Waals surface area contributed by atoms with Crippen LogP contribution in [0.5, 0.6) is 0 Å². The molecule has 1 amide bonds. The standard InChI is InChI=1S/C18H19BrN2O3S/c1-12-3-6-16(9-13(12)2)21-11-15(10-18(21)22)20-25(23,24)17-7-4-14(19)5-8-17/h3-9,15,20H,10-11H2,1-2H3. The summed E-state index contributed by atoms with van der Waals surface area (Å²) in [6.45, 7) is 4.34. The van der Waals surface area contributed by atoms with E-state index in [0.29, 0.717) is 6.54 Å². The Morgan fingerprint density at radius 3 is 2.40 bits per heavy atom. The van der Waals surface area contributed by atoms with Crippen LogP contribution in [0.3, 0.4) is 0 Å². The molecule has 0 spiro atoms. The predicted octanol–water partition coefficient (Wildman–Crippen LogP) is 3.15. The highest BCUT2D eigenvalue weighted by Gasteiger charge is 2.33. The first-order valence-electron chi connectivity index (χ1n) is 7.92. The quantitative estimate of drug-likeness (QED) is 0.822. The third-order valence-electron chi connectivity index (χ3n) is 4.37. The normalized spacial score (nSPS) is 18.0. The molecule has 0 bridgehead atoms. The highest BCUT2D eigenvalue weighted by atomic mass is 79.9. The second-order valence-electron chi connectivity index (χ2n) is 6.25. The lowest BCUT2D eigenvalue weighted by Crippen LogP contribution is -2.37. The minimum Gasteiger partial charge on any atom is -0.311 e. The Kier molecular flexibility index (Phi) is 4.99. The van der Waals surface area contributed by atoms with E-state index in [1.807, 2.05) is 32.0 Å². The van der Waals surface area contributed by atoms with Gasteiger partial charge in [0.1, 0.15) is 0 Å². The fraction of sp³-hybridized carbons (Fsp3) is 0.278. The van der Waals surface area contributed by atoms with Crippen LogP contribution >= 0.6 is 15.9 Å². The van der Waals surface area contributed by atoms with Crippen LogP contribution in [0.15, 0.2) is 51.8 Å². The third-order valence-corrected chi connectivity index (χ3v) is 6.44. The minimum atomic E-state index is -3.65. The van der Waals surface area contributed by atoms with Gasteiger partial charge in [0.2, 0.25) is 15.9 Å². The minimum absolute atomic E-state index is 0.0771. The number of amides is 1. The molecule has 1 aliphatic heterocycles. The van der Waals surface area contributed by atoms with E-state index in [-0.39, 0.29) is 17.2 Å². The maximum Gasteiger partial charge on any atom is 0.240 e. The van der Waals surface area contributed by atoms with E-state index in [9.17, 15) is 13.2 Å². The van der Waals surface area contributed by atoms with Gasteiger partial charge in [0, 0.05) is 29.2 Å². The topological polar surface area (TPSA) is 66.5 Å². The van der Waals surface area contributed by atoms with E-state index < -0.39 is 16.1 Å². The van der Waals surface area contributed by atoms with Gasteiger partial charge in [-0.15, -0.1) is 0 Å². The highest BCUT2D eigenvalue weighted by Crippen LogP contribution is 2.25. The number of nitrogens with zero attached hydrogens (tertiary/aromatic N) is 1. The molecule has 1 aliphatic rings. The monoisotopic (exact) mass is 422 g/mol. The summed E-state index contributed by atoms with van der Waals surface area (Å²) in [6, 6.07) is 11.8. The van der Waals surface area contributed by atoms with Gasteiger partial charge in [-0.2, -0.15) is 0 Å². The Hall–Kier alpha value is -1.70. The molecule has 0 aliphatic carbocycles. The first-order valence-corrected chi connectivity index (χ1v) is 10.2. The van der Waals surface area contributed by atoms with Crippen LogP contribution in [0.2, 0.25) is 0 Å². The van der Waals surface area contributed by atoms with Gasteiger partial charge in [-0.3, -0.25) is 4.79 Å². The lowest BCUT2D eigenvalue weighted by Gasteiger charge is -2.18. The molecule has 132 valence electrons. The van der Waals surface area contributed by atoms with Crippen molar-refractivity contribution in [3.63, 3.8) is 0 Å². The van der Waals surface area contributed by atoms with Crippen molar-refractivity contribution in [1.29, 1.82) is 0 Å². The molecule has 2 aromatic carbocycles. The van der Waals surface area contributed by atoms with Gasteiger partial charge in [0.15, 0.2) is 0 Å². The Labute approximate surface area is 156 Å². The summed E-state index contributed by atoms with van der Waals surface area (Å²) in [5, 5.41) is 0. The molecule has 1 saturated heterocycles. The largest absolute Gasteiger partial charge is 0.311 e. The van der Waals surface area contributed by atoms with E-state index in [2.05, 4.69) is 20.7 Å². The van der Waals surface area contributed by atoms with Gasteiger partial charge < -0.3 is 4.90 Å². The zero-order valence-electron chi connectivity index (χ0n) is 14.0. The fourth-order valence-corrected chi connectivity index (χ4v) is 4.32. The summed E-state index contributed by atoms with van der Waals surface area (Å²) in [7, 11) is -3.65. The lowest BCUT2D eigenvalue weighted by atomic mass is 10.1. The van der Waals surface area contributed by atoms with E-state index >= 15 is 0 Å². The van der Waals surface area contributed by atoms with Crippen molar-refractivity contribution in [2.24, 2.45) is 0 Å². The number of nitrogens with one attached hydrogen (secondary N) is 1. The van der Waals surface area contributed by atoms with Crippen molar-refractivity contribution in [2.45, 2.75) is 31.2 Å². The molecular weight excluding hydrogens is 404 g/mol. The maximum absolute atomic E-state index is 12.5. The molecule has 1 fully saturated rings. The van der Waals surface area contributed by atoms with Crippen LogP contribution in [0.4, 0.5) is 5.69 Å². The van der Waals surface area contributed by atoms with Crippen molar-refractivity contribution < 1.29 is 13.2 Å². The highest BCUT2D eigenvalue weighted by molar-refractivity contribution is 9.10. The van der Waals surface area contributed by atoms with Crippen molar-refractivity contribution >= 4 is 37.5 Å². The lowest BCUT2D eigenvalue weighted by molar-refractivity contribution is -0.117.